The topological polar surface area (TPSA) is 61.4 Å². The second-order valence-electron chi connectivity index (χ2n) is 4.85. The molecule has 5 nitrogen and oxygen atoms in total. The Morgan fingerprint density at radius 3 is 2.26 bits per heavy atom. The number of anilines is 1. The van der Waals surface area contributed by atoms with Crippen LogP contribution < -0.4 is 10.0 Å². The van der Waals surface area contributed by atoms with Gasteiger partial charge in [-0.1, -0.05) is 12.1 Å². The Hall–Kier alpha value is -1.11. The fourth-order valence-electron chi connectivity index (χ4n) is 2.15. The maximum atomic E-state index is 12.1. The van der Waals surface area contributed by atoms with Gasteiger partial charge in [0.25, 0.3) is 0 Å². The molecule has 2 N–H and O–H groups in total. The molecular formula is C13H21N3O2S. The normalized spacial score (nSPS) is 18.4. The van der Waals surface area contributed by atoms with E-state index in [1.54, 1.807) is 12.1 Å². The molecule has 1 aliphatic rings. The minimum Gasteiger partial charge on any atom is -0.313 e. The van der Waals surface area contributed by atoms with Crippen molar-refractivity contribution < 1.29 is 8.42 Å². The van der Waals surface area contributed by atoms with E-state index in [0.29, 0.717) is 18.8 Å². The smallest absolute Gasteiger partial charge is 0.301 e. The first kappa shape index (κ1) is 14.3. The molecule has 0 spiro atoms. The standard InChI is InChI=1S/C13H21N3O2S/c1-11(14-2)12-5-7-13(8-6-12)15-19(17,18)16-9-3-4-10-16/h5-8,11,14-15H,3-4,9-10H2,1-2H3. The third-order valence-electron chi connectivity index (χ3n) is 3.50. The van der Waals surface area contributed by atoms with Gasteiger partial charge in [0, 0.05) is 24.8 Å². The second kappa shape index (κ2) is 5.90. The molecule has 1 aliphatic heterocycles. The monoisotopic (exact) mass is 283 g/mol. The van der Waals surface area contributed by atoms with Gasteiger partial charge in [-0.25, -0.2) is 0 Å². The largest absolute Gasteiger partial charge is 0.313 e. The van der Waals surface area contributed by atoms with Crippen LogP contribution in [0.15, 0.2) is 24.3 Å². The van der Waals surface area contributed by atoms with Crippen LogP contribution in [0, 0.1) is 0 Å². The average Bonchev–Trinajstić information content (AvgIpc) is 2.93. The predicted molar refractivity (Wildman–Crippen MR) is 77.3 cm³/mol. The lowest BCUT2D eigenvalue weighted by molar-refractivity contribution is 0.482. The fraction of sp³-hybridized carbons (Fsp3) is 0.538. The zero-order valence-electron chi connectivity index (χ0n) is 11.4. The van der Waals surface area contributed by atoms with Crippen LogP contribution in [0.1, 0.15) is 31.4 Å². The maximum absolute atomic E-state index is 12.1. The number of nitrogens with one attached hydrogen (secondary N) is 2. The van der Waals surface area contributed by atoms with Crippen LogP contribution in [0.3, 0.4) is 0 Å². The van der Waals surface area contributed by atoms with E-state index in [2.05, 4.69) is 17.0 Å². The van der Waals surface area contributed by atoms with Crippen LogP contribution in [-0.2, 0) is 10.2 Å². The van der Waals surface area contributed by atoms with Gasteiger partial charge in [0.2, 0.25) is 0 Å². The van der Waals surface area contributed by atoms with E-state index in [9.17, 15) is 8.42 Å². The van der Waals surface area contributed by atoms with Crippen molar-refractivity contribution in [2.45, 2.75) is 25.8 Å². The van der Waals surface area contributed by atoms with Gasteiger partial charge in [-0.2, -0.15) is 12.7 Å². The molecule has 106 valence electrons. The Balaban J connectivity index is 2.07. The van der Waals surface area contributed by atoms with Crippen molar-refractivity contribution in [3.05, 3.63) is 29.8 Å². The summed E-state index contributed by atoms with van der Waals surface area (Å²) in [6.45, 7) is 3.29. The summed E-state index contributed by atoms with van der Waals surface area (Å²) in [6.07, 6.45) is 1.89. The van der Waals surface area contributed by atoms with Gasteiger partial charge >= 0.3 is 10.2 Å². The van der Waals surface area contributed by atoms with Gasteiger partial charge < -0.3 is 5.32 Å². The molecule has 0 saturated carbocycles. The summed E-state index contributed by atoms with van der Waals surface area (Å²) in [5.41, 5.74) is 1.74. The van der Waals surface area contributed by atoms with E-state index in [-0.39, 0.29) is 6.04 Å². The highest BCUT2D eigenvalue weighted by Gasteiger charge is 2.24. The number of hydrogen-bond acceptors (Lipinski definition) is 3. The van der Waals surface area contributed by atoms with E-state index in [1.165, 1.54) is 4.31 Å². The van der Waals surface area contributed by atoms with Crippen molar-refractivity contribution in [2.75, 3.05) is 24.9 Å². The average molecular weight is 283 g/mol. The molecule has 2 rings (SSSR count). The quantitative estimate of drug-likeness (QED) is 0.865. The summed E-state index contributed by atoms with van der Waals surface area (Å²) in [4.78, 5) is 0. The van der Waals surface area contributed by atoms with Crippen LogP contribution in [-0.4, -0.2) is 32.9 Å². The second-order valence-corrected chi connectivity index (χ2v) is 6.52. The third kappa shape index (κ3) is 3.46. The van der Waals surface area contributed by atoms with Crippen molar-refractivity contribution in [1.29, 1.82) is 0 Å². The molecule has 1 aromatic rings. The van der Waals surface area contributed by atoms with E-state index in [1.807, 2.05) is 19.2 Å². The van der Waals surface area contributed by atoms with Gasteiger partial charge in [-0.3, -0.25) is 4.72 Å². The van der Waals surface area contributed by atoms with E-state index in [0.717, 1.165) is 18.4 Å². The van der Waals surface area contributed by atoms with E-state index in [4.69, 9.17) is 0 Å². The van der Waals surface area contributed by atoms with Crippen molar-refractivity contribution in [3.8, 4) is 0 Å². The minimum absolute atomic E-state index is 0.254. The Labute approximate surface area is 115 Å². The number of hydrogen-bond donors (Lipinski definition) is 2. The summed E-state index contributed by atoms with van der Waals surface area (Å²) in [7, 11) is -1.49. The molecular weight excluding hydrogens is 262 g/mol. The highest BCUT2D eigenvalue weighted by Crippen LogP contribution is 2.19. The third-order valence-corrected chi connectivity index (χ3v) is 5.03. The number of rotatable bonds is 5. The number of nitrogens with zero attached hydrogens (tertiary/aromatic N) is 1. The molecule has 0 amide bonds. The lowest BCUT2D eigenvalue weighted by atomic mass is 10.1. The van der Waals surface area contributed by atoms with E-state index < -0.39 is 10.2 Å². The van der Waals surface area contributed by atoms with Crippen LogP contribution in [0.2, 0.25) is 0 Å². The Bertz CT molecular complexity index is 507. The summed E-state index contributed by atoms with van der Waals surface area (Å²) >= 11 is 0. The van der Waals surface area contributed by atoms with Gasteiger partial charge in [-0.15, -0.1) is 0 Å². The van der Waals surface area contributed by atoms with E-state index >= 15 is 0 Å². The molecule has 1 aromatic carbocycles. The highest BCUT2D eigenvalue weighted by atomic mass is 32.2. The minimum atomic E-state index is -3.38. The van der Waals surface area contributed by atoms with Gasteiger partial charge in [0.05, 0.1) is 0 Å². The molecule has 1 atom stereocenters. The van der Waals surface area contributed by atoms with Crippen LogP contribution in [0.4, 0.5) is 5.69 Å². The van der Waals surface area contributed by atoms with Crippen LogP contribution >= 0.6 is 0 Å². The molecule has 1 heterocycles. The van der Waals surface area contributed by atoms with Crippen molar-refractivity contribution in [2.24, 2.45) is 0 Å². The van der Waals surface area contributed by atoms with Gasteiger partial charge in [0.15, 0.2) is 0 Å². The Kier molecular flexibility index (Phi) is 4.44. The first-order valence-corrected chi connectivity index (χ1v) is 8.02. The zero-order chi connectivity index (χ0) is 13.9. The molecule has 1 unspecified atom stereocenters. The van der Waals surface area contributed by atoms with Gasteiger partial charge in [-0.05, 0) is 44.5 Å². The van der Waals surface area contributed by atoms with Gasteiger partial charge in [0.1, 0.15) is 0 Å². The summed E-state index contributed by atoms with van der Waals surface area (Å²) in [6, 6.07) is 7.73. The molecule has 0 aromatic heterocycles. The summed E-state index contributed by atoms with van der Waals surface area (Å²) in [5.74, 6) is 0. The first-order chi connectivity index (χ1) is 9.03. The van der Waals surface area contributed by atoms with Crippen LogP contribution in [0.5, 0.6) is 0 Å². The highest BCUT2D eigenvalue weighted by molar-refractivity contribution is 7.90. The molecule has 6 heteroatoms. The van der Waals surface area contributed by atoms with Crippen molar-refractivity contribution in [1.82, 2.24) is 9.62 Å². The summed E-state index contributed by atoms with van der Waals surface area (Å²) < 4.78 is 28.3. The fourth-order valence-corrected chi connectivity index (χ4v) is 3.45. The molecule has 1 saturated heterocycles. The van der Waals surface area contributed by atoms with Crippen molar-refractivity contribution >= 4 is 15.9 Å². The summed E-state index contributed by atoms with van der Waals surface area (Å²) in [5, 5.41) is 3.15. The molecule has 0 bridgehead atoms. The maximum Gasteiger partial charge on any atom is 0.301 e. The van der Waals surface area contributed by atoms with Crippen LogP contribution in [0.25, 0.3) is 0 Å². The van der Waals surface area contributed by atoms with Crippen molar-refractivity contribution in [3.63, 3.8) is 0 Å². The molecule has 1 fully saturated rings. The predicted octanol–water partition coefficient (Wildman–Crippen LogP) is 1.72. The lowest BCUT2D eigenvalue weighted by Gasteiger charge is -2.17. The first-order valence-electron chi connectivity index (χ1n) is 6.58. The Morgan fingerprint density at radius 1 is 1.16 bits per heavy atom. The SMILES string of the molecule is CNC(C)c1ccc(NS(=O)(=O)N2CCCC2)cc1. The Morgan fingerprint density at radius 2 is 1.74 bits per heavy atom. The molecule has 0 aliphatic carbocycles. The molecule has 19 heavy (non-hydrogen) atoms. The number of benzene rings is 1. The molecule has 0 radical (unpaired) electrons. The zero-order valence-corrected chi connectivity index (χ0v) is 12.2. The lowest BCUT2D eigenvalue weighted by Crippen LogP contribution is -2.33.